The molecule has 11 heteroatoms. The average Bonchev–Trinajstić information content (AvgIpc) is 3.23. The van der Waals surface area contributed by atoms with Gasteiger partial charge < -0.3 is 15.2 Å². The molecular weight excluding hydrogens is 405 g/mol. The fourth-order valence-electron chi connectivity index (χ4n) is 3.40. The molecule has 3 aromatic rings. The van der Waals surface area contributed by atoms with Crippen molar-refractivity contribution in [3.63, 3.8) is 0 Å². The zero-order chi connectivity index (χ0) is 21.8. The second-order valence-electron chi connectivity index (χ2n) is 6.81. The van der Waals surface area contributed by atoms with Gasteiger partial charge in [-0.3, -0.25) is 4.79 Å². The Hall–Kier alpha value is -3.63. The lowest BCUT2D eigenvalue weighted by molar-refractivity contribution is -0.141. The van der Waals surface area contributed by atoms with Crippen molar-refractivity contribution in [3.8, 4) is 11.1 Å². The molecule has 2 aromatic heterocycles. The molecule has 4 rings (SSSR count). The number of carbonyl (C=O) groups is 1. The van der Waals surface area contributed by atoms with E-state index in [4.69, 9.17) is 4.74 Å². The molecule has 0 radical (unpaired) electrons. The summed E-state index contributed by atoms with van der Waals surface area (Å²) in [5.74, 6) is -1.35. The Morgan fingerprint density at radius 2 is 1.93 bits per heavy atom. The molecule has 0 saturated carbocycles. The van der Waals surface area contributed by atoms with Crippen molar-refractivity contribution in [3.05, 3.63) is 57.3 Å². The van der Waals surface area contributed by atoms with Crippen LogP contribution < -0.4 is 16.1 Å². The number of nitrogens with one attached hydrogen (secondary N) is 1. The van der Waals surface area contributed by atoms with E-state index in [1.807, 2.05) is 0 Å². The van der Waals surface area contributed by atoms with Gasteiger partial charge in [0.15, 0.2) is 17.4 Å². The van der Waals surface area contributed by atoms with Gasteiger partial charge in [0.25, 0.3) is 5.56 Å². The number of hydrogen-bond donors (Lipinski definition) is 2. The third-order valence-electron chi connectivity index (χ3n) is 4.79. The van der Waals surface area contributed by atoms with Crippen LogP contribution in [0, 0.1) is 6.92 Å². The number of nitrogens with zero attached hydrogens (tertiary/aromatic N) is 3. The summed E-state index contributed by atoms with van der Waals surface area (Å²) in [7, 11) is 0. The lowest BCUT2D eigenvalue weighted by atomic mass is 10.1. The lowest BCUT2D eigenvalue weighted by Gasteiger charge is -2.06. The predicted molar refractivity (Wildman–Crippen MR) is 98.2 cm³/mol. The number of aromatic nitrogens is 3. The molecule has 156 valence electrons. The van der Waals surface area contributed by atoms with E-state index in [9.17, 15) is 27.9 Å². The van der Waals surface area contributed by atoms with E-state index in [0.29, 0.717) is 4.52 Å². The monoisotopic (exact) mass is 420 g/mol. The van der Waals surface area contributed by atoms with Crippen LogP contribution in [0.4, 0.5) is 13.2 Å². The highest BCUT2D eigenvalue weighted by Gasteiger charge is 2.40. The minimum Gasteiger partial charge on any atom is -0.480 e. The Bertz CT molecular complexity index is 1270. The van der Waals surface area contributed by atoms with Crippen LogP contribution >= 0.6 is 0 Å². The maximum Gasteiger partial charge on any atom is 0.435 e. The van der Waals surface area contributed by atoms with Gasteiger partial charge in [-0.25, -0.2) is 9.78 Å². The van der Waals surface area contributed by atoms with E-state index in [1.54, 1.807) is 18.2 Å². The van der Waals surface area contributed by atoms with Crippen molar-refractivity contribution < 1.29 is 27.8 Å². The summed E-state index contributed by atoms with van der Waals surface area (Å²) in [5, 5.41) is 15.1. The summed E-state index contributed by atoms with van der Waals surface area (Å²) in [6.07, 6.45) is -5.62. The Balaban J connectivity index is 2.05. The first-order valence-electron chi connectivity index (χ1n) is 8.86. The molecule has 1 aliphatic heterocycles. The number of benzene rings is 1. The lowest BCUT2D eigenvalue weighted by Crippen LogP contribution is -2.41. The number of fused-ring (bicyclic) bond motifs is 1. The molecule has 1 aromatic carbocycles. The van der Waals surface area contributed by atoms with Crippen LogP contribution in [0.1, 0.15) is 18.3 Å². The molecule has 8 nitrogen and oxygen atoms in total. The number of carboxylic acids is 1. The zero-order valence-corrected chi connectivity index (χ0v) is 15.7. The van der Waals surface area contributed by atoms with E-state index >= 15 is 0 Å². The van der Waals surface area contributed by atoms with Crippen molar-refractivity contribution in [1.82, 2.24) is 19.9 Å². The molecule has 3 heterocycles. The number of aryl methyl sites for hydroxylation is 1. The standard InChI is InChI=1S/C19H15F3N4O4/c1-8-11(16-24-13(18(28)29)9(2)30-16)17(27)26-15(23-8)12(10-6-4-3-5-7-10)14(25-26)19(20,21)22/h3-7,9,13,24H,1-2H3,(H,28,29)/b16-11-/t9-,13+/m0/s1. The summed E-state index contributed by atoms with van der Waals surface area (Å²) in [4.78, 5) is 28.5. The highest BCUT2D eigenvalue weighted by atomic mass is 19.4. The molecule has 1 fully saturated rings. The minimum atomic E-state index is -4.82. The van der Waals surface area contributed by atoms with Crippen molar-refractivity contribution >= 4 is 17.5 Å². The molecule has 30 heavy (non-hydrogen) atoms. The molecule has 2 N–H and O–H groups in total. The smallest absolute Gasteiger partial charge is 0.435 e. The molecular formula is C19H15F3N4O4. The first-order valence-corrected chi connectivity index (χ1v) is 8.86. The number of aliphatic carboxylic acids is 1. The molecule has 1 aliphatic rings. The van der Waals surface area contributed by atoms with Crippen LogP contribution in [0.25, 0.3) is 22.7 Å². The number of halogens is 3. The molecule has 0 amide bonds. The summed E-state index contributed by atoms with van der Waals surface area (Å²) in [5.41, 5.74) is -2.40. The van der Waals surface area contributed by atoms with Crippen molar-refractivity contribution in [2.45, 2.75) is 32.2 Å². The Morgan fingerprint density at radius 3 is 2.50 bits per heavy atom. The molecule has 2 atom stereocenters. The maximum absolute atomic E-state index is 13.7. The zero-order valence-electron chi connectivity index (χ0n) is 15.7. The van der Waals surface area contributed by atoms with Crippen LogP contribution in [0.3, 0.4) is 0 Å². The molecule has 0 unspecified atom stereocenters. The third kappa shape index (κ3) is 3.02. The van der Waals surface area contributed by atoms with Crippen LogP contribution in [-0.2, 0) is 15.7 Å². The van der Waals surface area contributed by atoms with Gasteiger partial charge in [-0.2, -0.15) is 22.8 Å². The highest BCUT2D eigenvalue weighted by molar-refractivity contribution is 5.80. The average molecular weight is 420 g/mol. The van der Waals surface area contributed by atoms with Crippen LogP contribution in [0.2, 0.25) is 0 Å². The van der Waals surface area contributed by atoms with E-state index in [-0.39, 0.29) is 33.6 Å². The van der Waals surface area contributed by atoms with Crippen molar-refractivity contribution in [2.75, 3.05) is 0 Å². The second kappa shape index (κ2) is 6.71. The third-order valence-corrected chi connectivity index (χ3v) is 4.79. The molecule has 0 aliphatic carbocycles. The normalized spacial score (nSPS) is 20.8. The van der Waals surface area contributed by atoms with Gasteiger partial charge in [-0.05, 0) is 19.4 Å². The summed E-state index contributed by atoms with van der Waals surface area (Å²) >= 11 is 0. The second-order valence-corrected chi connectivity index (χ2v) is 6.81. The van der Waals surface area contributed by atoms with E-state index in [2.05, 4.69) is 15.4 Å². The van der Waals surface area contributed by atoms with Gasteiger partial charge in [0.2, 0.25) is 5.88 Å². The van der Waals surface area contributed by atoms with Crippen LogP contribution in [0.5, 0.6) is 0 Å². The minimum absolute atomic E-state index is 0.0824. The quantitative estimate of drug-likeness (QED) is 0.644. The van der Waals surface area contributed by atoms with Crippen LogP contribution in [0.15, 0.2) is 35.1 Å². The molecule has 1 saturated heterocycles. The van der Waals surface area contributed by atoms with Gasteiger partial charge >= 0.3 is 12.1 Å². The Morgan fingerprint density at radius 1 is 1.27 bits per heavy atom. The first kappa shape index (κ1) is 19.7. The van der Waals surface area contributed by atoms with E-state index in [1.165, 1.54) is 26.0 Å². The highest BCUT2D eigenvalue weighted by Crippen LogP contribution is 2.37. The van der Waals surface area contributed by atoms with Gasteiger partial charge in [0, 0.05) is 0 Å². The Labute approximate surface area is 166 Å². The van der Waals surface area contributed by atoms with Gasteiger partial charge in [-0.1, -0.05) is 30.3 Å². The van der Waals surface area contributed by atoms with E-state index < -0.39 is 35.5 Å². The number of alkyl halides is 3. The van der Waals surface area contributed by atoms with Gasteiger partial charge in [-0.15, -0.1) is 0 Å². The largest absolute Gasteiger partial charge is 0.480 e. The van der Waals surface area contributed by atoms with Crippen molar-refractivity contribution in [2.24, 2.45) is 0 Å². The Kier molecular flexibility index (Phi) is 4.40. The molecule has 0 bridgehead atoms. The summed E-state index contributed by atoms with van der Waals surface area (Å²) in [6.45, 7) is 2.93. The molecule has 0 spiro atoms. The number of carboxylic acid groups (broad SMARTS) is 1. The number of ether oxygens (including phenoxy) is 1. The van der Waals surface area contributed by atoms with Crippen LogP contribution in [-0.4, -0.2) is 37.8 Å². The van der Waals surface area contributed by atoms with E-state index in [0.717, 1.165) is 0 Å². The SMILES string of the molecule is Cc1nc2c(-c3ccccc3)c(C(F)(F)F)nn2c(=O)/c1=C1/N[C@@H](C(=O)O)[C@H](C)O1. The fourth-order valence-corrected chi connectivity index (χ4v) is 3.40. The maximum atomic E-state index is 13.7. The number of rotatable bonds is 2. The fraction of sp³-hybridized carbons (Fsp3) is 0.263. The van der Waals surface area contributed by atoms with Gasteiger partial charge in [0.1, 0.15) is 11.3 Å². The van der Waals surface area contributed by atoms with Gasteiger partial charge in [0.05, 0.1) is 11.3 Å². The van der Waals surface area contributed by atoms with Crippen molar-refractivity contribution in [1.29, 1.82) is 0 Å². The number of hydrogen-bond acceptors (Lipinski definition) is 6. The summed E-state index contributed by atoms with van der Waals surface area (Å²) in [6, 6.07) is 6.61. The first-order chi connectivity index (χ1) is 14.1. The predicted octanol–water partition coefficient (Wildman–Crippen LogP) is 1.33. The topological polar surface area (TPSA) is 106 Å². The summed E-state index contributed by atoms with van der Waals surface area (Å²) < 4.78 is 47.1.